The Bertz CT molecular complexity index is 590. The third kappa shape index (κ3) is 2.51. The first-order valence-corrected chi connectivity index (χ1v) is 6.24. The van der Waals surface area contributed by atoms with Gasteiger partial charge in [-0.05, 0) is 43.7 Å². The van der Waals surface area contributed by atoms with Crippen molar-refractivity contribution in [1.29, 1.82) is 0 Å². The van der Waals surface area contributed by atoms with Gasteiger partial charge in [0.2, 0.25) is 0 Å². The molecule has 94 valence electrons. The highest BCUT2D eigenvalue weighted by Crippen LogP contribution is 2.31. The molecule has 3 N–H and O–H groups in total. The molecule has 0 unspecified atom stereocenters. The molecule has 0 fully saturated rings. The summed E-state index contributed by atoms with van der Waals surface area (Å²) in [5, 5.41) is 11.7. The van der Waals surface area contributed by atoms with Crippen LogP contribution >= 0.6 is 11.8 Å². The Morgan fingerprint density at radius 3 is 2.67 bits per heavy atom. The Labute approximate surface area is 109 Å². The number of amidine groups is 1. The maximum Gasteiger partial charge on any atom is 0.170 e. The molecule has 2 aromatic rings. The van der Waals surface area contributed by atoms with Crippen molar-refractivity contribution in [2.75, 3.05) is 0 Å². The van der Waals surface area contributed by atoms with Crippen LogP contribution in [0.25, 0.3) is 0 Å². The van der Waals surface area contributed by atoms with E-state index in [1.165, 1.54) is 0 Å². The molecule has 0 aliphatic rings. The van der Waals surface area contributed by atoms with Crippen molar-refractivity contribution in [2.45, 2.75) is 23.6 Å². The molecule has 0 saturated heterocycles. The normalized spacial score (nSPS) is 11.8. The van der Waals surface area contributed by atoms with E-state index in [0.29, 0.717) is 0 Å². The molecule has 0 aliphatic heterocycles. The van der Waals surface area contributed by atoms with E-state index in [1.54, 1.807) is 18.0 Å². The van der Waals surface area contributed by atoms with E-state index < -0.39 is 0 Å². The minimum absolute atomic E-state index is 0.128. The van der Waals surface area contributed by atoms with E-state index in [-0.39, 0.29) is 5.84 Å². The minimum Gasteiger partial charge on any atom is -0.468 e. The lowest BCUT2D eigenvalue weighted by Crippen LogP contribution is -2.14. The largest absolute Gasteiger partial charge is 0.468 e. The van der Waals surface area contributed by atoms with E-state index in [2.05, 4.69) is 5.16 Å². The van der Waals surface area contributed by atoms with Crippen LogP contribution in [-0.4, -0.2) is 11.0 Å². The van der Waals surface area contributed by atoms with Gasteiger partial charge in [-0.15, -0.1) is 0 Å². The van der Waals surface area contributed by atoms with E-state index in [9.17, 15) is 0 Å². The Balaban J connectivity index is 2.27. The van der Waals surface area contributed by atoms with Crippen LogP contribution in [0, 0.1) is 13.8 Å². The molecule has 0 radical (unpaired) electrons. The molecule has 0 spiro atoms. The van der Waals surface area contributed by atoms with Gasteiger partial charge in [-0.25, -0.2) is 0 Å². The fraction of sp³-hybridized carbons (Fsp3) is 0.154. The average Bonchev–Trinajstić information content (AvgIpc) is 2.74. The maximum atomic E-state index is 8.67. The summed E-state index contributed by atoms with van der Waals surface area (Å²) in [5.74, 6) is 1.03. The number of oxime groups is 1. The van der Waals surface area contributed by atoms with Crippen molar-refractivity contribution < 1.29 is 9.62 Å². The van der Waals surface area contributed by atoms with Crippen LogP contribution < -0.4 is 5.73 Å². The smallest absolute Gasteiger partial charge is 0.170 e. The van der Waals surface area contributed by atoms with Crippen LogP contribution in [0.1, 0.15) is 16.9 Å². The Morgan fingerprint density at radius 1 is 1.33 bits per heavy atom. The van der Waals surface area contributed by atoms with E-state index in [4.69, 9.17) is 15.4 Å². The number of benzene rings is 1. The summed E-state index contributed by atoms with van der Waals surface area (Å²) in [6, 6.07) is 7.73. The second-order valence-electron chi connectivity index (χ2n) is 3.91. The molecule has 0 saturated carbocycles. The number of furan rings is 1. The van der Waals surface area contributed by atoms with Gasteiger partial charge in [-0.2, -0.15) is 0 Å². The monoisotopic (exact) mass is 262 g/mol. The maximum absolute atomic E-state index is 8.67. The summed E-state index contributed by atoms with van der Waals surface area (Å²) < 4.78 is 5.25. The number of nitrogens with two attached hydrogens (primary N) is 1. The predicted octanol–water partition coefficient (Wildman–Crippen LogP) is 3.14. The summed E-state index contributed by atoms with van der Waals surface area (Å²) in [7, 11) is 0. The molecule has 4 nitrogen and oxygen atoms in total. The van der Waals surface area contributed by atoms with Crippen LogP contribution in [-0.2, 0) is 0 Å². The van der Waals surface area contributed by atoms with Gasteiger partial charge in [-0.3, -0.25) is 0 Å². The SMILES string of the molecule is Cc1cc(Sc2ccoc2C)ccc1/C(N)=N/O. The molecule has 2 rings (SSSR count). The first kappa shape index (κ1) is 12.6. The standard InChI is InChI=1S/C13H14N2O2S/c1-8-7-10(3-4-11(8)13(14)15-16)18-12-5-6-17-9(12)2/h3-7,16H,1-2H3,(H2,14,15). The summed E-state index contributed by atoms with van der Waals surface area (Å²) in [5.41, 5.74) is 7.29. The zero-order valence-corrected chi connectivity index (χ0v) is 11.0. The van der Waals surface area contributed by atoms with Crippen molar-refractivity contribution in [2.24, 2.45) is 10.9 Å². The zero-order chi connectivity index (χ0) is 13.1. The molecule has 0 aliphatic carbocycles. The highest BCUT2D eigenvalue weighted by atomic mass is 32.2. The third-order valence-electron chi connectivity index (χ3n) is 2.62. The second-order valence-corrected chi connectivity index (χ2v) is 5.02. The van der Waals surface area contributed by atoms with Crippen molar-refractivity contribution in [1.82, 2.24) is 0 Å². The first-order valence-electron chi connectivity index (χ1n) is 5.42. The lowest BCUT2D eigenvalue weighted by molar-refractivity contribution is 0.318. The molecule has 5 heteroatoms. The van der Waals surface area contributed by atoms with Crippen LogP contribution in [0.2, 0.25) is 0 Å². The quantitative estimate of drug-likeness (QED) is 0.386. The number of hydrogen-bond acceptors (Lipinski definition) is 4. The molecular weight excluding hydrogens is 248 g/mol. The van der Waals surface area contributed by atoms with Gasteiger partial charge in [0.25, 0.3) is 0 Å². The van der Waals surface area contributed by atoms with E-state index >= 15 is 0 Å². The van der Waals surface area contributed by atoms with E-state index in [0.717, 1.165) is 26.7 Å². The van der Waals surface area contributed by atoms with Crippen LogP contribution in [0.15, 0.2) is 49.9 Å². The predicted molar refractivity (Wildman–Crippen MR) is 71.3 cm³/mol. The van der Waals surface area contributed by atoms with Gasteiger partial charge in [0.05, 0.1) is 11.2 Å². The average molecular weight is 262 g/mol. The van der Waals surface area contributed by atoms with Crippen molar-refractivity contribution in [3.8, 4) is 0 Å². The highest BCUT2D eigenvalue weighted by molar-refractivity contribution is 7.99. The second kappa shape index (κ2) is 5.18. The van der Waals surface area contributed by atoms with Gasteiger partial charge in [0.15, 0.2) is 5.84 Å². The molecule has 1 aromatic heterocycles. The minimum atomic E-state index is 0.128. The topological polar surface area (TPSA) is 71.8 Å². The highest BCUT2D eigenvalue weighted by Gasteiger charge is 2.07. The molecule has 18 heavy (non-hydrogen) atoms. The molecule has 0 amide bonds. The lowest BCUT2D eigenvalue weighted by Gasteiger charge is -2.06. The third-order valence-corrected chi connectivity index (χ3v) is 3.75. The molecular formula is C13H14N2O2S. The Kier molecular flexibility index (Phi) is 3.62. The molecule has 0 atom stereocenters. The summed E-state index contributed by atoms with van der Waals surface area (Å²) >= 11 is 1.63. The van der Waals surface area contributed by atoms with Gasteiger partial charge < -0.3 is 15.4 Å². The number of hydrogen-bond donors (Lipinski definition) is 2. The number of aryl methyl sites for hydroxylation is 2. The van der Waals surface area contributed by atoms with Gasteiger partial charge >= 0.3 is 0 Å². The fourth-order valence-electron chi connectivity index (χ4n) is 1.65. The van der Waals surface area contributed by atoms with Crippen molar-refractivity contribution >= 4 is 17.6 Å². The van der Waals surface area contributed by atoms with Gasteiger partial charge in [-0.1, -0.05) is 16.9 Å². The van der Waals surface area contributed by atoms with E-state index in [1.807, 2.05) is 38.1 Å². The van der Waals surface area contributed by atoms with Gasteiger partial charge in [0, 0.05) is 10.5 Å². The first-order chi connectivity index (χ1) is 8.61. The Morgan fingerprint density at radius 2 is 2.11 bits per heavy atom. The summed E-state index contributed by atoms with van der Waals surface area (Å²) in [4.78, 5) is 2.18. The fourth-order valence-corrected chi connectivity index (χ4v) is 2.59. The van der Waals surface area contributed by atoms with Crippen LogP contribution in [0.5, 0.6) is 0 Å². The molecule has 1 heterocycles. The Hall–Kier alpha value is -1.88. The summed E-state index contributed by atoms with van der Waals surface area (Å²) in [6.45, 7) is 3.86. The molecule has 1 aromatic carbocycles. The lowest BCUT2D eigenvalue weighted by atomic mass is 10.1. The van der Waals surface area contributed by atoms with Gasteiger partial charge in [0.1, 0.15) is 5.76 Å². The number of nitrogens with zero attached hydrogens (tertiary/aromatic N) is 1. The summed E-state index contributed by atoms with van der Waals surface area (Å²) in [6.07, 6.45) is 1.68. The van der Waals surface area contributed by atoms with Crippen LogP contribution in [0.4, 0.5) is 0 Å². The molecule has 0 bridgehead atoms. The van der Waals surface area contributed by atoms with Crippen LogP contribution in [0.3, 0.4) is 0 Å². The van der Waals surface area contributed by atoms with Crippen molar-refractivity contribution in [3.63, 3.8) is 0 Å². The zero-order valence-electron chi connectivity index (χ0n) is 10.2. The van der Waals surface area contributed by atoms with Crippen molar-refractivity contribution in [3.05, 3.63) is 47.4 Å². The number of rotatable bonds is 3.